The Balaban J connectivity index is 1.57. The summed E-state index contributed by atoms with van der Waals surface area (Å²) in [5, 5.41) is 2.73. The first kappa shape index (κ1) is 17.3. The lowest BCUT2D eigenvalue weighted by molar-refractivity contribution is 0.174. The predicted molar refractivity (Wildman–Crippen MR) is 91.4 cm³/mol. The molecule has 1 heterocycles. The van der Waals surface area contributed by atoms with E-state index in [1.807, 2.05) is 18.2 Å². The predicted octanol–water partition coefficient (Wildman–Crippen LogP) is 4.39. The molecule has 0 saturated carbocycles. The van der Waals surface area contributed by atoms with Crippen molar-refractivity contribution in [3.8, 4) is 11.5 Å². The average Bonchev–Trinajstić information content (AvgIpc) is 3.03. The van der Waals surface area contributed by atoms with E-state index in [4.69, 9.17) is 9.47 Å². The van der Waals surface area contributed by atoms with Gasteiger partial charge in [-0.15, -0.1) is 0 Å². The fraction of sp³-hybridized carbons (Fsp3) is 0.235. The van der Waals surface area contributed by atoms with E-state index in [9.17, 15) is 13.6 Å². The number of carbonyl (C=O) groups excluding carboxylic acids is 1. The number of hydrogen-bond donors (Lipinski definition) is 1. The van der Waals surface area contributed by atoms with Gasteiger partial charge in [-0.05, 0) is 42.0 Å². The molecule has 5 nitrogen and oxygen atoms in total. The normalized spacial score (nSPS) is 12.3. The van der Waals surface area contributed by atoms with Crippen molar-refractivity contribution in [1.82, 2.24) is 4.90 Å². The Hall–Kier alpha value is -2.48. The number of urea groups is 1. The molecule has 8 heteroatoms. The lowest BCUT2D eigenvalue weighted by atomic mass is 10.2. The van der Waals surface area contributed by atoms with Gasteiger partial charge in [-0.25, -0.2) is 4.79 Å². The van der Waals surface area contributed by atoms with Crippen LogP contribution in [0.25, 0.3) is 0 Å². The SMILES string of the molecule is CN(Cc1ccc2c(c1)OCO2)C(=O)Nc1ccc(SC(F)F)cc1. The summed E-state index contributed by atoms with van der Waals surface area (Å²) in [6.07, 6.45) is 0. The third-order valence-electron chi connectivity index (χ3n) is 3.53. The molecule has 2 amide bonds. The van der Waals surface area contributed by atoms with E-state index >= 15 is 0 Å². The van der Waals surface area contributed by atoms with Crippen molar-refractivity contribution in [2.24, 2.45) is 0 Å². The molecule has 0 fully saturated rings. The third kappa shape index (κ3) is 4.54. The Kier molecular flexibility index (Phi) is 5.28. The Morgan fingerprint density at radius 3 is 2.64 bits per heavy atom. The highest BCUT2D eigenvalue weighted by atomic mass is 32.2. The summed E-state index contributed by atoms with van der Waals surface area (Å²) in [4.78, 5) is 14.2. The van der Waals surface area contributed by atoms with Gasteiger partial charge in [0.2, 0.25) is 6.79 Å². The molecule has 132 valence electrons. The summed E-state index contributed by atoms with van der Waals surface area (Å²) in [5.41, 5.74) is 1.45. The largest absolute Gasteiger partial charge is 0.454 e. The summed E-state index contributed by atoms with van der Waals surface area (Å²) in [5.74, 6) is -1.11. The zero-order valence-electron chi connectivity index (χ0n) is 13.4. The minimum absolute atomic E-state index is 0.203. The average molecular weight is 366 g/mol. The van der Waals surface area contributed by atoms with Crippen molar-refractivity contribution in [3.63, 3.8) is 0 Å². The molecule has 3 rings (SSSR count). The number of nitrogens with zero attached hydrogens (tertiary/aromatic N) is 1. The van der Waals surface area contributed by atoms with Gasteiger partial charge in [0.25, 0.3) is 5.76 Å². The number of alkyl halides is 2. The van der Waals surface area contributed by atoms with E-state index in [1.54, 1.807) is 31.3 Å². The fourth-order valence-corrected chi connectivity index (χ4v) is 2.82. The van der Waals surface area contributed by atoms with Crippen molar-refractivity contribution in [1.29, 1.82) is 0 Å². The highest BCUT2D eigenvalue weighted by molar-refractivity contribution is 7.99. The molecule has 0 aromatic heterocycles. The summed E-state index contributed by atoms with van der Waals surface area (Å²) in [7, 11) is 1.67. The minimum atomic E-state index is -2.46. The van der Waals surface area contributed by atoms with Crippen molar-refractivity contribution in [3.05, 3.63) is 48.0 Å². The number of anilines is 1. The van der Waals surface area contributed by atoms with Crippen LogP contribution in [0.2, 0.25) is 0 Å². The summed E-state index contributed by atoms with van der Waals surface area (Å²) in [6, 6.07) is 11.5. The van der Waals surface area contributed by atoms with Gasteiger partial charge in [0, 0.05) is 24.2 Å². The van der Waals surface area contributed by atoms with Gasteiger partial charge in [-0.3, -0.25) is 0 Å². The van der Waals surface area contributed by atoms with Crippen molar-refractivity contribution in [2.45, 2.75) is 17.2 Å². The molecular weight excluding hydrogens is 350 g/mol. The molecular formula is C17H16F2N2O3S. The number of ether oxygens (including phenoxy) is 2. The molecule has 0 spiro atoms. The summed E-state index contributed by atoms with van der Waals surface area (Å²) in [6.45, 7) is 0.594. The van der Waals surface area contributed by atoms with E-state index in [1.165, 1.54) is 4.90 Å². The van der Waals surface area contributed by atoms with Gasteiger partial charge in [0.15, 0.2) is 11.5 Å². The second-order valence-electron chi connectivity index (χ2n) is 5.38. The standard InChI is InChI=1S/C17H16F2N2O3S/c1-21(9-11-2-7-14-15(8-11)24-10-23-14)17(22)20-12-3-5-13(6-4-12)25-16(18)19/h2-8,16H,9-10H2,1H3,(H,20,22). The molecule has 0 unspecified atom stereocenters. The van der Waals surface area contributed by atoms with Crippen molar-refractivity contribution >= 4 is 23.5 Å². The third-order valence-corrected chi connectivity index (χ3v) is 4.26. The van der Waals surface area contributed by atoms with E-state index < -0.39 is 5.76 Å². The van der Waals surface area contributed by atoms with Crippen LogP contribution in [0, 0.1) is 0 Å². The number of fused-ring (bicyclic) bond motifs is 1. The topological polar surface area (TPSA) is 50.8 Å². The van der Waals surface area contributed by atoms with Crippen LogP contribution in [0.15, 0.2) is 47.4 Å². The van der Waals surface area contributed by atoms with Crippen molar-refractivity contribution < 1.29 is 23.0 Å². The Morgan fingerprint density at radius 1 is 1.20 bits per heavy atom. The number of carbonyl (C=O) groups is 1. The first-order chi connectivity index (χ1) is 12.0. The smallest absolute Gasteiger partial charge is 0.321 e. The molecule has 0 radical (unpaired) electrons. The van der Waals surface area contributed by atoms with Crippen LogP contribution in [0.3, 0.4) is 0 Å². The van der Waals surface area contributed by atoms with Gasteiger partial charge in [0.05, 0.1) is 0 Å². The highest BCUT2D eigenvalue weighted by Gasteiger charge is 2.15. The van der Waals surface area contributed by atoms with Crippen LogP contribution in [-0.4, -0.2) is 30.5 Å². The molecule has 1 N–H and O–H groups in total. The Morgan fingerprint density at radius 2 is 1.92 bits per heavy atom. The Labute approximate surface area is 147 Å². The van der Waals surface area contributed by atoms with E-state index in [0.717, 1.165) is 5.56 Å². The first-order valence-electron chi connectivity index (χ1n) is 7.47. The van der Waals surface area contributed by atoms with Gasteiger partial charge in [0.1, 0.15) is 0 Å². The number of rotatable bonds is 5. The number of thioether (sulfide) groups is 1. The number of nitrogens with one attached hydrogen (secondary N) is 1. The van der Waals surface area contributed by atoms with E-state index in [2.05, 4.69) is 5.32 Å². The number of amides is 2. The maximum absolute atomic E-state index is 12.3. The van der Waals surface area contributed by atoms with Crippen LogP contribution >= 0.6 is 11.8 Å². The zero-order valence-corrected chi connectivity index (χ0v) is 14.2. The minimum Gasteiger partial charge on any atom is -0.454 e. The maximum atomic E-state index is 12.3. The van der Waals surface area contributed by atoms with Crippen LogP contribution < -0.4 is 14.8 Å². The van der Waals surface area contributed by atoms with E-state index in [-0.39, 0.29) is 12.8 Å². The molecule has 0 bridgehead atoms. The van der Waals surface area contributed by atoms with Gasteiger partial charge in [-0.2, -0.15) is 8.78 Å². The molecule has 0 aliphatic carbocycles. The molecule has 0 saturated heterocycles. The van der Waals surface area contributed by atoms with Crippen LogP contribution in [0.4, 0.5) is 19.3 Å². The van der Waals surface area contributed by atoms with Crippen molar-refractivity contribution in [2.75, 3.05) is 19.2 Å². The van der Waals surface area contributed by atoms with Gasteiger partial charge >= 0.3 is 6.03 Å². The summed E-state index contributed by atoms with van der Waals surface area (Å²) < 4.78 is 35.2. The summed E-state index contributed by atoms with van der Waals surface area (Å²) >= 11 is 0.465. The molecule has 1 aliphatic heterocycles. The number of benzene rings is 2. The second kappa shape index (κ2) is 7.60. The lowest BCUT2D eigenvalue weighted by Gasteiger charge is -2.18. The van der Waals surface area contributed by atoms with Gasteiger partial charge in [-0.1, -0.05) is 17.8 Å². The molecule has 25 heavy (non-hydrogen) atoms. The Bertz CT molecular complexity index is 756. The lowest BCUT2D eigenvalue weighted by Crippen LogP contribution is -2.30. The monoisotopic (exact) mass is 366 g/mol. The number of halogens is 2. The van der Waals surface area contributed by atoms with E-state index in [0.29, 0.717) is 40.4 Å². The first-order valence-corrected chi connectivity index (χ1v) is 8.35. The van der Waals surface area contributed by atoms with Crippen LogP contribution in [0.5, 0.6) is 11.5 Å². The maximum Gasteiger partial charge on any atom is 0.321 e. The van der Waals surface area contributed by atoms with Gasteiger partial charge < -0.3 is 19.7 Å². The molecule has 2 aromatic rings. The quantitative estimate of drug-likeness (QED) is 0.797. The zero-order chi connectivity index (χ0) is 17.8. The highest BCUT2D eigenvalue weighted by Crippen LogP contribution is 2.32. The molecule has 2 aromatic carbocycles. The second-order valence-corrected chi connectivity index (χ2v) is 6.44. The molecule has 0 atom stereocenters. The number of hydrogen-bond acceptors (Lipinski definition) is 4. The van der Waals surface area contributed by atoms with Crippen LogP contribution in [-0.2, 0) is 6.54 Å². The van der Waals surface area contributed by atoms with Crippen LogP contribution in [0.1, 0.15) is 5.56 Å². The fourth-order valence-electron chi connectivity index (χ4n) is 2.32. The molecule has 1 aliphatic rings.